The van der Waals surface area contributed by atoms with Crippen LogP contribution in [0.1, 0.15) is 19.4 Å². The second-order valence-electron chi connectivity index (χ2n) is 4.66. The van der Waals surface area contributed by atoms with E-state index in [0.29, 0.717) is 17.9 Å². The Kier molecular flexibility index (Phi) is 3.03. The molecule has 0 spiro atoms. The lowest BCUT2D eigenvalue weighted by molar-refractivity contribution is -0.146. The number of carbonyl (C=O) groups is 1. The molecule has 0 amide bonds. The van der Waals surface area contributed by atoms with Crippen molar-refractivity contribution in [3.05, 3.63) is 22.2 Å². The summed E-state index contributed by atoms with van der Waals surface area (Å²) in [6, 6.07) is 3.65. The average molecular weight is 301 g/mol. The van der Waals surface area contributed by atoms with Crippen LogP contribution in [0.2, 0.25) is 0 Å². The molecule has 5 heteroatoms. The van der Waals surface area contributed by atoms with Gasteiger partial charge >= 0.3 is 5.97 Å². The molecular weight excluding hydrogens is 288 g/mol. The smallest absolute Gasteiger partial charge is 0.309 e. The minimum atomic E-state index is -0.818. The third-order valence-electron chi connectivity index (χ3n) is 2.75. The molecule has 92 valence electrons. The van der Waals surface area contributed by atoms with Gasteiger partial charge in [-0.05, 0) is 38.0 Å². The van der Waals surface area contributed by atoms with Crippen molar-refractivity contribution in [2.75, 3.05) is 6.79 Å². The van der Waals surface area contributed by atoms with E-state index in [0.717, 1.165) is 10.0 Å². The van der Waals surface area contributed by atoms with Crippen molar-refractivity contribution in [2.24, 2.45) is 5.41 Å². The van der Waals surface area contributed by atoms with Crippen LogP contribution in [0.25, 0.3) is 0 Å². The van der Waals surface area contributed by atoms with E-state index in [1.165, 1.54) is 0 Å². The predicted molar refractivity (Wildman–Crippen MR) is 65.4 cm³/mol. The van der Waals surface area contributed by atoms with Crippen LogP contribution in [0.3, 0.4) is 0 Å². The Morgan fingerprint density at radius 3 is 2.59 bits per heavy atom. The van der Waals surface area contributed by atoms with Crippen molar-refractivity contribution in [2.45, 2.75) is 20.3 Å². The summed E-state index contributed by atoms with van der Waals surface area (Å²) in [5.41, 5.74) is 0.0950. The third-order valence-corrected chi connectivity index (χ3v) is 3.49. The molecule has 0 aliphatic carbocycles. The summed E-state index contributed by atoms with van der Waals surface area (Å²) in [6.07, 6.45) is 0.430. The molecule has 1 aliphatic heterocycles. The highest BCUT2D eigenvalue weighted by Crippen LogP contribution is 2.39. The second-order valence-corrected chi connectivity index (χ2v) is 5.52. The largest absolute Gasteiger partial charge is 0.481 e. The van der Waals surface area contributed by atoms with Crippen molar-refractivity contribution in [3.63, 3.8) is 0 Å². The number of hydrogen-bond acceptors (Lipinski definition) is 3. The topological polar surface area (TPSA) is 55.8 Å². The highest BCUT2D eigenvalue weighted by Gasteiger charge is 2.29. The lowest BCUT2D eigenvalue weighted by Crippen LogP contribution is -2.26. The standard InChI is InChI=1S/C12H13BrO4/c1-12(2,11(14)15)5-7-3-9-10(4-8(7)13)17-6-16-9/h3-4H,5-6H2,1-2H3,(H,14,15). The molecule has 0 unspecified atom stereocenters. The summed E-state index contributed by atoms with van der Waals surface area (Å²) in [6.45, 7) is 3.62. The summed E-state index contributed by atoms with van der Waals surface area (Å²) < 4.78 is 11.4. The zero-order valence-corrected chi connectivity index (χ0v) is 11.2. The van der Waals surface area contributed by atoms with E-state index >= 15 is 0 Å². The fourth-order valence-corrected chi connectivity index (χ4v) is 2.11. The normalized spacial score (nSPS) is 13.8. The Morgan fingerprint density at radius 1 is 1.41 bits per heavy atom. The average Bonchev–Trinajstić information content (AvgIpc) is 2.64. The Morgan fingerprint density at radius 2 is 2.00 bits per heavy atom. The van der Waals surface area contributed by atoms with Crippen LogP contribution in [-0.4, -0.2) is 17.9 Å². The number of benzene rings is 1. The van der Waals surface area contributed by atoms with Gasteiger partial charge in [0.25, 0.3) is 0 Å². The van der Waals surface area contributed by atoms with E-state index in [4.69, 9.17) is 14.6 Å². The highest BCUT2D eigenvalue weighted by atomic mass is 79.9. The van der Waals surface area contributed by atoms with Gasteiger partial charge in [-0.25, -0.2) is 0 Å². The molecular formula is C12H13BrO4. The summed E-state index contributed by atoms with van der Waals surface area (Å²) >= 11 is 3.42. The summed E-state index contributed by atoms with van der Waals surface area (Å²) in [5, 5.41) is 9.12. The highest BCUT2D eigenvalue weighted by molar-refractivity contribution is 9.10. The molecule has 1 aliphatic rings. The maximum atomic E-state index is 11.1. The first-order valence-corrected chi connectivity index (χ1v) is 6.01. The van der Waals surface area contributed by atoms with E-state index in [1.807, 2.05) is 12.1 Å². The summed E-state index contributed by atoms with van der Waals surface area (Å²) in [5.74, 6) is 0.542. The van der Waals surface area contributed by atoms with Gasteiger partial charge in [-0.2, -0.15) is 0 Å². The number of aliphatic carboxylic acids is 1. The van der Waals surface area contributed by atoms with Crippen molar-refractivity contribution < 1.29 is 19.4 Å². The monoisotopic (exact) mass is 300 g/mol. The van der Waals surface area contributed by atoms with Crippen molar-refractivity contribution in [1.29, 1.82) is 0 Å². The van der Waals surface area contributed by atoms with Gasteiger partial charge in [0.2, 0.25) is 6.79 Å². The van der Waals surface area contributed by atoms with Gasteiger partial charge in [0.1, 0.15) is 0 Å². The maximum Gasteiger partial charge on any atom is 0.309 e. The van der Waals surface area contributed by atoms with Gasteiger partial charge in [-0.15, -0.1) is 0 Å². The number of halogens is 1. The number of carboxylic acid groups (broad SMARTS) is 1. The van der Waals surface area contributed by atoms with E-state index in [9.17, 15) is 4.79 Å². The van der Waals surface area contributed by atoms with Gasteiger partial charge in [0, 0.05) is 4.47 Å². The van der Waals surface area contributed by atoms with Crippen molar-refractivity contribution in [3.8, 4) is 11.5 Å². The van der Waals surface area contributed by atoms with Gasteiger partial charge in [0.15, 0.2) is 11.5 Å². The lowest BCUT2D eigenvalue weighted by atomic mass is 9.86. The van der Waals surface area contributed by atoms with Gasteiger partial charge in [0.05, 0.1) is 5.41 Å². The van der Waals surface area contributed by atoms with Gasteiger partial charge in [-0.1, -0.05) is 15.9 Å². The second kappa shape index (κ2) is 4.22. The number of fused-ring (bicyclic) bond motifs is 1. The molecule has 1 aromatic rings. The zero-order chi connectivity index (χ0) is 12.6. The molecule has 1 heterocycles. The third kappa shape index (κ3) is 2.39. The van der Waals surface area contributed by atoms with Crippen molar-refractivity contribution in [1.82, 2.24) is 0 Å². The molecule has 1 N–H and O–H groups in total. The van der Waals surface area contributed by atoms with Crippen LogP contribution in [0, 0.1) is 5.41 Å². The molecule has 2 rings (SSSR count). The van der Waals surface area contributed by atoms with E-state index in [2.05, 4.69) is 15.9 Å². The fraction of sp³-hybridized carbons (Fsp3) is 0.417. The molecule has 4 nitrogen and oxygen atoms in total. The minimum absolute atomic E-state index is 0.216. The maximum absolute atomic E-state index is 11.1. The van der Waals surface area contributed by atoms with E-state index < -0.39 is 11.4 Å². The molecule has 1 aromatic carbocycles. The first-order valence-electron chi connectivity index (χ1n) is 5.21. The van der Waals surface area contributed by atoms with Gasteiger partial charge in [-0.3, -0.25) is 4.79 Å². The van der Waals surface area contributed by atoms with Crippen LogP contribution in [0.15, 0.2) is 16.6 Å². The molecule has 0 atom stereocenters. The van der Waals surface area contributed by atoms with Crippen LogP contribution in [0.4, 0.5) is 0 Å². The predicted octanol–water partition coefficient (Wildman–Crippen LogP) is 2.83. The SMILES string of the molecule is CC(C)(Cc1cc2c(cc1Br)OCO2)C(=O)O. The number of ether oxygens (including phenoxy) is 2. The minimum Gasteiger partial charge on any atom is -0.481 e. The first kappa shape index (κ1) is 12.2. The summed E-state index contributed by atoms with van der Waals surface area (Å²) in [7, 11) is 0. The molecule has 0 saturated heterocycles. The van der Waals surface area contributed by atoms with Crippen molar-refractivity contribution >= 4 is 21.9 Å². The van der Waals surface area contributed by atoms with Crippen LogP contribution < -0.4 is 9.47 Å². The zero-order valence-electron chi connectivity index (χ0n) is 9.62. The summed E-state index contributed by atoms with van der Waals surface area (Å²) in [4.78, 5) is 11.1. The number of hydrogen-bond donors (Lipinski definition) is 1. The van der Waals surface area contributed by atoms with Crippen LogP contribution >= 0.6 is 15.9 Å². The van der Waals surface area contributed by atoms with Crippen LogP contribution in [0.5, 0.6) is 11.5 Å². The molecule has 0 radical (unpaired) electrons. The molecule has 17 heavy (non-hydrogen) atoms. The molecule has 0 aromatic heterocycles. The fourth-order valence-electron chi connectivity index (χ4n) is 1.65. The molecule has 0 bridgehead atoms. The Balaban J connectivity index is 2.31. The Bertz CT molecular complexity index is 468. The van der Waals surface area contributed by atoms with Gasteiger partial charge < -0.3 is 14.6 Å². The Hall–Kier alpha value is -1.23. The quantitative estimate of drug-likeness (QED) is 0.932. The molecule has 0 saturated carbocycles. The Labute approximate surface area is 108 Å². The van der Waals surface area contributed by atoms with E-state index in [-0.39, 0.29) is 6.79 Å². The number of carboxylic acids is 1. The lowest BCUT2D eigenvalue weighted by Gasteiger charge is -2.20. The van der Waals surface area contributed by atoms with E-state index in [1.54, 1.807) is 13.8 Å². The number of rotatable bonds is 3. The first-order chi connectivity index (χ1) is 7.90. The van der Waals surface area contributed by atoms with Crippen LogP contribution in [-0.2, 0) is 11.2 Å². The molecule has 0 fully saturated rings.